The summed E-state index contributed by atoms with van der Waals surface area (Å²) in [6, 6.07) is 66.8. The molecule has 3 nitrogen and oxygen atoms in total. The first kappa shape index (κ1) is 31.5. The Kier molecular flexibility index (Phi) is 7.35. The maximum absolute atomic E-state index is 5.41. The first-order valence-electron chi connectivity index (χ1n) is 18.5. The summed E-state index contributed by atoms with van der Waals surface area (Å²) in [6.45, 7) is 0. The number of benzene rings is 9. The molecule has 55 heavy (non-hydrogen) atoms. The van der Waals surface area contributed by atoms with Crippen LogP contribution >= 0.6 is 11.3 Å². The lowest BCUT2D eigenvalue weighted by Crippen LogP contribution is -2.01. The molecule has 0 aliphatic heterocycles. The van der Waals surface area contributed by atoms with E-state index in [-0.39, 0.29) is 0 Å². The van der Waals surface area contributed by atoms with Crippen molar-refractivity contribution < 1.29 is 0 Å². The molecule has 4 heteroatoms. The molecule has 2 aromatic heterocycles. The number of aromatic nitrogens is 3. The van der Waals surface area contributed by atoms with Gasteiger partial charge in [-0.3, -0.25) is 0 Å². The van der Waals surface area contributed by atoms with E-state index in [4.69, 9.17) is 15.0 Å². The number of fused-ring (bicyclic) bond motifs is 7. The van der Waals surface area contributed by atoms with Gasteiger partial charge < -0.3 is 0 Å². The highest BCUT2D eigenvalue weighted by Gasteiger charge is 2.21. The van der Waals surface area contributed by atoms with Crippen molar-refractivity contribution in [2.24, 2.45) is 0 Å². The number of hydrogen-bond donors (Lipinski definition) is 0. The zero-order chi connectivity index (χ0) is 36.3. The minimum atomic E-state index is 0.648. The Bertz CT molecular complexity index is 3260. The number of rotatable bonds is 5. The van der Waals surface area contributed by atoms with Crippen LogP contribution in [0.1, 0.15) is 0 Å². The van der Waals surface area contributed by atoms with Gasteiger partial charge >= 0.3 is 0 Å². The van der Waals surface area contributed by atoms with Crippen LogP contribution in [-0.4, -0.2) is 15.0 Å². The Hall–Kier alpha value is -7.01. The topological polar surface area (TPSA) is 38.7 Å². The third-order valence-corrected chi connectivity index (χ3v) is 12.0. The molecule has 0 saturated carbocycles. The fourth-order valence-corrected chi connectivity index (χ4v) is 9.46. The van der Waals surface area contributed by atoms with E-state index in [1.165, 1.54) is 53.2 Å². The smallest absolute Gasteiger partial charge is 0.165 e. The first-order chi connectivity index (χ1) is 27.3. The molecule has 11 aromatic rings. The minimum Gasteiger partial charge on any atom is -0.208 e. The third-order valence-electron chi connectivity index (χ3n) is 10.7. The van der Waals surface area contributed by atoms with Crippen molar-refractivity contribution in [3.63, 3.8) is 0 Å². The number of thiophene rings is 1. The van der Waals surface area contributed by atoms with Crippen LogP contribution in [0.15, 0.2) is 188 Å². The summed E-state index contributed by atoms with van der Waals surface area (Å²) in [5, 5.41) is 9.44. The molecule has 0 saturated heterocycles. The second-order valence-corrected chi connectivity index (χ2v) is 15.0. The van der Waals surface area contributed by atoms with Gasteiger partial charge in [0.1, 0.15) is 0 Å². The highest BCUT2D eigenvalue weighted by Crippen LogP contribution is 2.47. The zero-order valence-electron chi connectivity index (χ0n) is 29.6. The molecule has 0 radical (unpaired) electrons. The summed E-state index contributed by atoms with van der Waals surface area (Å²) in [7, 11) is 0. The second kappa shape index (κ2) is 12.8. The van der Waals surface area contributed by atoms with Crippen molar-refractivity contribution in [1.29, 1.82) is 0 Å². The van der Waals surface area contributed by atoms with Gasteiger partial charge in [-0.25, -0.2) is 15.0 Å². The van der Waals surface area contributed by atoms with E-state index in [0.29, 0.717) is 17.5 Å². The van der Waals surface area contributed by atoms with Crippen molar-refractivity contribution in [3.05, 3.63) is 188 Å². The molecule has 0 bridgehead atoms. The molecule has 0 aliphatic rings. The molecule has 2 heterocycles. The lowest BCUT2D eigenvalue weighted by molar-refractivity contribution is 1.08. The average Bonchev–Trinajstić information content (AvgIpc) is 3.66. The van der Waals surface area contributed by atoms with Crippen molar-refractivity contribution in [2.75, 3.05) is 0 Å². The van der Waals surface area contributed by atoms with Gasteiger partial charge in [-0.1, -0.05) is 170 Å². The maximum Gasteiger partial charge on any atom is 0.165 e. The van der Waals surface area contributed by atoms with E-state index in [0.717, 1.165) is 38.2 Å². The van der Waals surface area contributed by atoms with Crippen molar-refractivity contribution >= 4 is 63.8 Å². The largest absolute Gasteiger partial charge is 0.208 e. The van der Waals surface area contributed by atoms with E-state index in [2.05, 4.69) is 188 Å². The molecule has 0 atom stereocenters. The highest BCUT2D eigenvalue weighted by molar-refractivity contribution is 7.27. The normalized spacial score (nSPS) is 11.6. The molecule has 0 aliphatic carbocycles. The fraction of sp³-hybridized carbons (Fsp3) is 0. The van der Waals surface area contributed by atoms with Gasteiger partial charge in [-0.2, -0.15) is 0 Å². The van der Waals surface area contributed by atoms with Gasteiger partial charge in [0.15, 0.2) is 17.5 Å². The second-order valence-electron chi connectivity index (χ2n) is 13.9. The summed E-state index contributed by atoms with van der Waals surface area (Å²) in [5.74, 6) is 1.96. The lowest BCUT2D eigenvalue weighted by atomic mass is 9.94. The van der Waals surface area contributed by atoms with Crippen molar-refractivity contribution in [2.45, 2.75) is 0 Å². The molecule has 256 valence electrons. The van der Waals surface area contributed by atoms with Crippen LogP contribution in [0, 0.1) is 0 Å². The molecule has 0 spiro atoms. The first-order valence-corrected chi connectivity index (χ1v) is 19.3. The van der Waals surface area contributed by atoms with Crippen molar-refractivity contribution in [1.82, 2.24) is 15.0 Å². The number of hydrogen-bond acceptors (Lipinski definition) is 4. The van der Waals surface area contributed by atoms with Crippen LogP contribution in [0.25, 0.3) is 109 Å². The Labute approximate surface area is 321 Å². The van der Waals surface area contributed by atoms with Gasteiger partial charge in [0.25, 0.3) is 0 Å². The van der Waals surface area contributed by atoms with Gasteiger partial charge in [-0.05, 0) is 72.8 Å². The average molecular weight is 718 g/mol. The monoisotopic (exact) mass is 717 g/mol. The summed E-state index contributed by atoms with van der Waals surface area (Å²) >= 11 is 1.83. The summed E-state index contributed by atoms with van der Waals surface area (Å²) < 4.78 is 2.43. The minimum absolute atomic E-state index is 0.648. The van der Waals surface area contributed by atoms with Crippen LogP contribution in [0.3, 0.4) is 0 Å². The molecule has 0 N–H and O–H groups in total. The molecule has 9 aromatic carbocycles. The van der Waals surface area contributed by atoms with Crippen LogP contribution in [0.5, 0.6) is 0 Å². The third kappa shape index (κ3) is 5.30. The van der Waals surface area contributed by atoms with E-state index in [1.807, 2.05) is 11.3 Å². The van der Waals surface area contributed by atoms with Crippen LogP contribution < -0.4 is 0 Å². The molecular formula is C51H31N3S. The van der Waals surface area contributed by atoms with Gasteiger partial charge in [0.2, 0.25) is 0 Å². The Morgan fingerprint density at radius 3 is 1.62 bits per heavy atom. The maximum atomic E-state index is 5.41. The molecule has 0 amide bonds. The fourth-order valence-electron chi connectivity index (χ4n) is 8.10. The molecule has 11 rings (SSSR count). The van der Waals surface area contributed by atoms with Crippen LogP contribution in [0.4, 0.5) is 0 Å². The van der Waals surface area contributed by atoms with E-state index < -0.39 is 0 Å². The van der Waals surface area contributed by atoms with E-state index >= 15 is 0 Å². The molecular weight excluding hydrogens is 687 g/mol. The Balaban J connectivity index is 1.21. The molecule has 0 fully saturated rings. The summed E-state index contributed by atoms with van der Waals surface area (Å²) in [5.41, 5.74) is 7.72. The van der Waals surface area contributed by atoms with Crippen LogP contribution in [0.2, 0.25) is 0 Å². The van der Waals surface area contributed by atoms with E-state index in [9.17, 15) is 0 Å². The Morgan fingerprint density at radius 1 is 0.291 bits per heavy atom. The van der Waals surface area contributed by atoms with E-state index in [1.54, 1.807) is 0 Å². The lowest BCUT2D eigenvalue weighted by Gasteiger charge is -2.14. The Morgan fingerprint density at radius 2 is 0.855 bits per heavy atom. The van der Waals surface area contributed by atoms with Crippen LogP contribution in [-0.2, 0) is 0 Å². The SMILES string of the molecule is c1ccc(-c2ccc(-c3nc(-c4ccc5ccccc5c4)nc(-c4cc5ccccc5c5c4sc4c(-c6ccccc6)cccc45)n3)c3ccccc23)cc1. The zero-order valence-corrected chi connectivity index (χ0v) is 30.5. The standard InChI is InChI=1S/C51H31N3S/c1-3-15-33(16-4-1)38-28-29-43(42-23-12-11-22-41(38)42)50-52-49(37-27-26-32-14-7-8-19-35(32)30-37)53-51(54-50)45-31-36-20-9-10-21-39(36)46-44-25-13-24-40(47(44)55-48(45)46)34-17-5-2-6-18-34/h1-31H. The number of nitrogens with zero attached hydrogens (tertiary/aromatic N) is 3. The predicted molar refractivity (Wildman–Crippen MR) is 232 cm³/mol. The summed E-state index contributed by atoms with van der Waals surface area (Å²) in [4.78, 5) is 16.0. The van der Waals surface area contributed by atoms with Gasteiger partial charge in [0, 0.05) is 36.9 Å². The van der Waals surface area contributed by atoms with Gasteiger partial charge in [0.05, 0.1) is 0 Å². The predicted octanol–water partition coefficient (Wildman–Crippen LogP) is 14.0. The highest BCUT2D eigenvalue weighted by atomic mass is 32.1. The molecule has 0 unspecified atom stereocenters. The quantitative estimate of drug-likeness (QED) is 0.178. The van der Waals surface area contributed by atoms with Gasteiger partial charge in [-0.15, -0.1) is 11.3 Å². The van der Waals surface area contributed by atoms with Crippen molar-refractivity contribution in [3.8, 4) is 56.4 Å². The summed E-state index contributed by atoms with van der Waals surface area (Å²) in [6.07, 6.45) is 0.